The number of imidazole rings is 1. The number of para-hydroxylation sites is 2. The number of rotatable bonds is 7. The van der Waals surface area contributed by atoms with Gasteiger partial charge in [0.25, 0.3) is 5.69 Å². The van der Waals surface area contributed by atoms with Gasteiger partial charge in [0, 0.05) is 44.4 Å². The molecule has 3 aromatic rings. The molecular formula is C21H26N6O2. The summed E-state index contributed by atoms with van der Waals surface area (Å²) in [6.45, 7) is 4.33. The molecule has 0 aliphatic carbocycles. The van der Waals surface area contributed by atoms with Crippen LogP contribution in [0.3, 0.4) is 0 Å². The van der Waals surface area contributed by atoms with Gasteiger partial charge in [-0.15, -0.1) is 0 Å². The normalized spacial score (nSPS) is 15.6. The van der Waals surface area contributed by atoms with Crippen LogP contribution in [0.15, 0.2) is 48.5 Å². The van der Waals surface area contributed by atoms with Crippen LogP contribution in [0, 0.1) is 10.1 Å². The highest BCUT2D eigenvalue weighted by molar-refractivity contribution is 5.78. The van der Waals surface area contributed by atoms with E-state index in [1.165, 1.54) is 0 Å². The molecule has 2 aromatic carbocycles. The molecule has 0 bridgehead atoms. The Morgan fingerprint density at radius 1 is 1.14 bits per heavy atom. The molecule has 0 amide bonds. The maximum Gasteiger partial charge on any atom is 0.269 e. The number of piperidine rings is 1. The first kappa shape index (κ1) is 19.4. The third-order valence-electron chi connectivity index (χ3n) is 5.51. The zero-order chi connectivity index (χ0) is 20.2. The van der Waals surface area contributed by atoms with Gasteiger partial charge in [-0.2, -0.15) is 0 Å². The summed E-state index contributed by atoms with van der Waals surface area (Å²) >= 11 is 0. The maximum absolute atomic E-state index is 10.9. The predicted molar refractivity (Wildman–Crippen MR) is 114 cm³/mol. The van der Waals surface area contributed by atoms with Gasteiger partial charge in [0.2, 0.25) is 5.95 Å². The van der Waals surface area contributed by atoms with Crippen molar-refractivity contribution in [2.45, 2.75) is 25.4 Å². The summed E-state index contributed by atoms with van der Waals surface area (Å²) in [4.78, 5) is 17.8. The van der Waals surface area contributed by atoms with Gasteiger partial charge in [0.15, 0.2) is 0 Å². The molecule has 1 aromatic heterocycles. The number of fused-ring (bicyclic) bond motifs is 1. The predicted octanol–water partition coefficient (Wildman–Crippen LogP) is 2.83. The molecule has 29 heavy (non-hydrogen) atoms. The minimum Gasteiger partial charge on any atom is -0.353 e. The van der Waals surface area contributed by atoms with Gasteiger partial charge >= 0.3 is 0 Å². The van der Waals surface area contributed by atoms with Crippen molar-refractivity contribution in [2.24, 2.45) is 5.73 Å². The monoisotopic (exact) mass is 394 g/mol. The molecule has 0 atom stereocenters. The fourth-order valence-electron chi connectivity index (χ4n) is 3.92. The van der Waals surface area contributed by atoms with E-state index in [0.29, 0.717) is 19.1 Å². The number of aromatic nitrogens is 2. The molecule has 1 fully saturated rings. The van der Waals surface area contributed by atoms with E-state index >= 15 is 0 Å². The van der Waals surface area contributed by atoms with Gasteiger partial charge in [0.1, 0.15) is 0 Å². The highest BCUT2D eigenvalue weighted by Gasteiger charge is 2.21. The fourth-order valence-corrected chi connectivity index (χ4v) is 3.92. The number of benzene rings is 2. The van der Waals surface area contributed by atoms with E-state index < -0.39 is 0 Å². The molecule has 0 spiro atoms. The number of hydrogen-bond donors (Lipinski definition) is 2. The zero-order valence-electron chi connectivity index (χ0n) is 16.3. The molecule has 1 aliphatic rings. The largest absolute Gasteiger partial charge is 0.353 e. The number of nitrogens with two attached hydrogens (primary N) is 1. The first-order valence-corrected chi connectivity index (χ1v) is 10.0. The second-order valence-corrected chi connectivity index (χ2v) is 7.48. The van der Waals surface area contributed by atoms with Gasteiger partial charge < -0.3 is 20.5 Å². The lowest BCUT2D eigenvalue weighted by Gasteiger charge is -2.32. The number of nitro benzene ring substituents is 1. The van der Waals surface area contributed by atoms with Crippen LogP contribution in [-0.2, 0) is 6.54 Å². The van der Waals surface area contributed by atoms with E-state index in [2.05, 4.69) is 20.9 Å². The molecule has 8 heteroatoms. The van der Waals surface area contributed by atoms with Crippen molar-refractivity contribution < 1.29 is 4.92 Å². The molecule has 152 valence electrons. The van der Waals surface area contributed by atoms with E-state index in [9.17, 15) is 10.1 Å². The van der Waals surface area contributed by atoms with Gasteiger partial charge in [-0.3, -0.25) is 10.1 Å². The molecule has 2 heterocycles. The minimum atomic E-state index is -0.375. The van der Waals surface area contributed by atoms with Crippen molar-refractivity contribution in [3.8, 4) is 0 Å². The number of nitrogens with one attached hydrogen (secondary N) is 1. The van der Waals surface area contributed by atoms with Crippen LogP contribution in [0.25, 0.3) is 11.0 Å². The van der Waals surface area contributed by atoms with Crippen LogP contribution >= 0.6 is 0 Å². The Hall–Kier alpha value is -2.97. The Labute approximate surface area is 169 Å². The number of likely N-dealkylation sites (tertiary alicyclic amines) is 1. The highest BCUT2D eigenvalue weighted by Crippen LogP contribution is 2.24. The summed E-state index contributed by atoms with van der Waals surface area (Å²) in [5.74, 6) is 0.849. The average molecular weight is 394 g/mol. The van der Waals surface area contributed by atoms with E-state index in [1.54, 1.807) is 12.1 Å². The summed E-state index contributed by atoms with van der Waals surface area (Å²) in [6, 6.07) is 15.1. The van der Waals surface area contributed by atoms with Crippen molar-refractivity contribution in [3.63, 3.8) is 0 Å². The molecule has 1 saturated heterocycles. The standard InChI is InChI=1S/C21H26N6O2/c22-11-14-25-12-9-17(10-13-25)23-21-24-19-3-1-2-4-20(19)26(21)15-16-5-7-18(8-6-16)27(28)29/h1-8,17H,9-15,22H2,(H,23,24). The van der Waals surface area contributed by atoms with Crippen LogP contribution in [0.4, 0.5) is 11.6 Å². The molecule has 3 N–H and O–H groups in total. The van der Waals surface area contributed by atoms with Gasteiger partial charge in [-0.25, -0.2) is 4.98 Å². The quantitative estimate of drug-likeness (QED) is 0.472. The van der Waals surface area contributed by atoms with Crippen molar-refractivity contribution in [1.82, 2.24) is 14.5 Å². The zero-order valence-corrected chi connectivity index (χ0v) is 16.3. The lowest BCUT2D eigenvalue weighted by molar-refractivity contribution is -0.384. The van der Waals surface area contributed by atoms with Crippen molar-refractivity contribution in [3.05, 3.63) is 64.2 Å². The van der Waals surface area contributed by atoms with Crippen molar-refractivity contribution in [2.75, 3.05) is 31.5 Å². The summed E-state index contributed by atoms with van der Waals surface area (Å²) in [5.41, 5.74) is 8.77. The minimum absolute atomic E-state index is 0.104. The van der Waals surface area contributed by atoms with Gasteiger partial charge in [-0.05, 0) is 30.5 Å². The highest BCUT2D eigenvalue weighted by atomic mass is 16.6. The number of non-ortho nitro benzene ring substituents is 1. The van der Waals surface area contributed by atoms with Crippen molar-refractivity contribution >= 4 is 22.7 Å². The number of nitro groups is 1. The first-order chi connectivity index (χ1) is 14.1. The average Bonchev–Trinajstić information content (AvgIpc) is 3.07. The van der Waals surface area contributed by atoms with Crippen LogP contribution in [0.2, 0.25) is 0 Å². The molecular weight excluding hydrogens is 368 g/mol. The van der Waals surface area contributed by atoms with E-state index in [1.807, 2.05) is 30.3 Å². The third kappa shape index (κ3) is 4.38. The number of nitrogens with zero attached hydrogens (tertiary/aromatic N) is 4. The molecule has 4 rings (SSSR count). The summed E-state index contributed by atoms with van der Waals surface area (Å²) < 4.78 is 2.16. The summed E-state index contributed by atoms with van der Waals surface area (Å²) in [7, 11) is 0. The molecule has 1 aliphatic heterocycles. The lowest BCUT2D eigenvalue weighted by atomic mass is 10.1. The van der Waals surface area contributed by atoms with E-state index in [4.69, 9.17) is 10.7 Å². The Kier molecular flexibility index (Phi) is 5.73. The summed E-state index contributed by atoms with van der Waals surface area (Å²) in [6.07, 6.45) is 2.11. The first-order valence-electron chi connectivity index (χ1n) is 10.0. The van der Waals surface area contributed by atoms with Crippen LogP contribution in [-0.4, -0.2) is 51.6 Å². The molecule has 0 radical (unpaired) electrons. The Bertz CT molecular complexity index is 977. The second-order valence-electron chi connectivity index (χ2n) is 7.48. The lowest BCUT2D eigenvalue weighted by Crippen LogP contribution is -2.41. The smallest absolute Gasteiger partial charge is 0.269 e. The summed E-state index contributed by atoms with van der Waals surface area (Å²) in [5, 5.41) is 14.6. The van der Waals surface area contributed by atoms with Crippen LogP contribution < -0.4 is 11.1 Å². The number of hydrogen-bond acceptors (Lipinski definition) is 6. The van der Waals surface area contributed by atoms with Gasteiger partial charge in [0.05, 0.1) is 22.5 Å². The fraction of sp³-hybridized carbons (Fsp3) is 0.381. The second kappa shape index (κ2) is 8.59. The van der Waals surface area contributed by atoms with Crippen LogP contribution in [0.1, 0.15) is 18.4 Å². The Balaban J connectivity index is 1.55. The molecule has 0 unspecified atom stereocenters. The van der Waals surface area contributed by atoms with E-state index in [-0.39, 0.29) is 10.6 Å². The number of anilines is 1. The molecule has 8 nitrogen and oxygen atoms in total. The Morgan fingerprint density at radius 2 is 1.86 bits per heavy atom. The van der Waals surface area contributed by atoms with Gasteiger partial charge in [-0.1, -0.05) is 24.3 Å². The van der Waals surface area contributed by atoms with Crippen LogP contribution in [0.5, 0.6) is 0 Å². The molecule has 0 saturated carbocycles. The van der Waals surface area contributed by atoms with E-state index in [0.717, 1.165) is 55.0 Å². The Morgan fingerprint density at radius 3 is 2.55 bits per heavy atom. The SMILES string of the molecule is NCCN1CCC(Nc2nc3ccccc3n2Cc2ccc([N+](=O)[O-])cc2)CC1. The topological polar surface area (TPSA) is 102 Å². The third-order valence-corrected chi connectivity index (χ3v) is 5.51. The maximum atomic E-state index is 10.9. The van der Waals surface area contributed by atoms with Crippen molar-refractivity contribution in [1.29, 1.82) is 0 Å².